The van der Waals surface area contributed by atoms with E-state index in [9.17, 15) is 13.6 Å². The molecule has 0 aliphatic carbocycles. The lowest BCUT2D eigenvalue weighted by Crippen LogP contribution is -2.27. The summed E-state index contributed by atoms with van der Waals surface area (Å²) in [6.07, 6.45) is 0.566. The summed E-state index contributed by atoms with van der Waals surface area (Å²) in [5, 5.41) is 5.55. The molecule has 0 unspecified atom stereocenters. The van der Waals surface area contributed by atoms with Gasteiger partial charge in [0.2, 0.25) is 5.95 Å². The SMILES string of the molecule is Cc1cc(C(=O)NCCc2ccc(F)cc2)nc(Nc2ccccc2F)n1. The van der Waals surface area contributed by atoms with Crippen molar-refractivity contribution in [1.82, 2.24) is 15.3 Å². The molecule has 1 heterocycles. The topological polar surface area (TPSA) is 66.9 Å². The largest absolute Gasteiger partial charge is 0.350 e. The van der Waals surface area contributed by atoms with Gasteiger partial charge in [0.25, 0.3) is 5.91 Å². The van der Waals surface area contributed by atoms with Crippen LogP contribution in [0.3, 0.4) is 0 Å². The number of aryl methyl sites for hydroxylation is 1. The Hall–Kier alpha value is -3.35. The van der Waals surface area contributed by atoms with Crippen LogP contribution in [0.15, 0.2) is 54.6 Å². The third-order valence-electron chi connectivity index (χ3n) is 3.82. The summed E-state index contributed by atoms with van der Waals surface area (Å²) in [5.41, 5.74) is 1.90. The summed E-state index contributed by atoms with van der Waals surface area (Å²) in [6, 6.07) is 13.8. The monoisotopic (exact) mass is 368 g/mol. The zero-order chi connectivity index (χ0) is 19.2. The summed E-state index contributed by atoms with van der Waals surface area (Å²) in [6.45, 7) is 2.10. The number of nitrogens with zero attached hydrogens (tertiary/aromatic N) is 2. The second-order valence-electron chi connectivity index (χ2n) is 5.96. The minimum Gasteiger partial charge on any atom is -0.350 e. The van der Waals surface area contributed by atoms with Crippen LogP contribution in [0.1, 0.15) is 21.7 Å². The first-order valence-corrected chi connectivity index (χ1v) is 8.41. The summed E-state index contributed by atoms with van der Waals surface area (Å²) in [7, 11) is 0. The Morgan fingerprint density at radius 1 is 1.04 bits per heavy atom. The molecule has 7 heteroatoms. The van der Waals surface area contributed by atoms with E-state index in [0.29, 0.717) is 18.7 Å². The number of benzene rings is 2. The fourth-order valence-electron chi connectivity index (χ4n) is 2.49. The van der Waals surface area contributed by atoms with E-state index in [-0.39, 0.29) is 29.1 Å². The van der Waals surface area contributed by atoms with Crippen LogP contribution in [0.4, 0.5) is 20.4 Å². The van der Waals surface area contributed by atoms with Crippen molar-refractivity contribution >= 4 is 17.5 Å². The molecular formula is C20H18F2N4O. The van der Waals surface area contributed by atoms with Gasteiger partial charge in [-0.3, -0.25) is 4.79 Å². The van der Waals surface area contributed by atoms with Crippen molar-refractivity contribution in [2.45, 2.75) is 13.3 Å². The molecule has 0 aliphatic heterocycles. The zero-order valence-electron chi connectivity index (χ0n) is 14.7. The van der Waals surface area contributed by atoms with Gasteiger partial charge in [-0.2, -0.15) is 0 Å². The maximum absolute atomic E-state index is 13.8. The minimum absolute atomic E-state index is 0.142. The number of para-hydroxylation sites is 1. The van der Waals surface area contributed by atoms with Gasteiger partial charge in [-0.15, -0.1) is 0 Å². The predicted octanol–water partition coefficient (Wildman–Crippen LogP) is 3.78. The van der Waals surface area contributed by atoms with E-state index in [1.165, 1.54) is 18.2 Å². The van der Waals surface area contributed by atoms with Gasteiger partial charge < -0.3 is 10.6 Å². The quantitative estimate of drug-likeness (QED) is 0.695. The van der Waals surface area contributed by atoms with Gasteiger partial charge >= 0.3 is 0 Å². The van der Waals surface area contributed by atoms with Crippen LogP contribution in [0.2, 0.25) is 0 Å². The van der Waals surface area contributed by atoms with Gasteiger partial charge in [0.15, 0.2) is 0 Å². The van der Waals surface area contributed by atoms with E-state index in [0.717, 1.165) is 5.56 Å². The molecule has 1 amide bonds. The maximum Gasteiger partial charge on any atom is 0.270 e. The van der Waals surface area contributed by atoms with Crippen LogP contribution >= 0.6 is 0 Å². The number of carbonyl (C=O) groups is 1. The number of rotatable bonds is 6. The molecule has 0 atom stereocenters. The smallest absolute Gasteiger partial charge is 0.270 e. The van der Waals surface area contributed by atoms with Crippen LogP contribution in [0.5, 0.6) is 0 Å². The lowest BCUT2D eigenvalue weighted by atomic mass is 10.1. The number of hydrogen-bond donors (Lipinski definition) is 2. The molecule has 138 valence electrons. The van der Waals surface area contributed by atoms with Crippen LogP contribution in [0, 0.1) is 18.6 Å². The maximum atomic E-state index is 13.8. The molecule has 2 aromatic carbocycles. The highest BCUT2D eigenvalue weighted by Crippen LogP contribution is 2.17. The van der Waals surface area contributed by atoms with Gasteiger partial charge in [0, 0.05) is 12.2 Å². The fourth-order valence-corrected chi connectivity index (χ4v) is 2.49. The molecule has 0 spiro atoms. The average Bonchev–Trinajstić information content (AvgIpc) is 2.65. The number of aromatic nitrogens is 2. The minimum atomic E-state index is -0.437. The van der Waals surface area contributed by atoms with E-state index in [1.54, 1.807) is 43.3 Å². The van der Waals surface area contributed by atoms with Gasteiger partial charge in [0.1, 0.15) is 17.3 Å². The fraction of sp³-hybridized carbons (Fsp3) is 0.150. The molecular weight excluding hydrogens is 350 g/mol. The Labute approximate surface area is 155 Å². The van der Waals surface area contributed by atoms with Crippen LogP contribution in [-0.2, 0) is 6.42 Å². The molecule has 0 fully saturated rings. The highest BCUT2D eigenvalue weighted by atomic mass is 19.1. The third-order valence-corrected chi connectivity index (χ3v) is 3.82. The molecule has 0 saturated carbocycles. The lowest BCUT2D eigenvalue weighted by Gasteiger charge is -2.09. The van der Waals surface area contributed by atoms with Crippen molar-refractivity contribution in [2.75, 3.05) is 11.9 Å². The van der Waals surface area contributed by atoms with Crippen LogP contribution in [-0.4, -0.2) is 22.4 Å². The van der Waals surface area contributed by atoms with Crippen molar-refractivity contribution in [1.29, 1.82) is 0 Å². The summed E-state index contributed by atoms with van der Waals surface area (Å²) in [4.78, 5) is 20.7. The molecule has 0 radical (unpaired) electrons. The van der Waals surface area contributed by atoms with Gasteiger partial charge in [-0.05, 0) is 49.2 Å². The van der Waals surface area contributed by atoms with Crippen LogP contribution < -0.4 is 10.6 Å². The normalized spacial score (nSPS) is 10.5. The molecule has 3 rings (SSSR count). The van der Waals surface area contributed by atoms with Crippen molar-refractivity contribution in [3.8, 4) is 0 Å². The molecule has 5 nitrogen and oxygen atoms in total. The molecule has 0 bridgehead atoms. The van der Waals surface area contributed by atoms with E-state index in [2.05, 4.69) is 20.6 Å². The average molecular weight is 368 g/mol. The first-order chi connectivity index (χ1) is 13.0. The molecule has 3 aromatic rings. The Bertz CT molecular complexity index is 945. The standard InChI is InChI=1S/C20H18F2N4O/c1-13-12-18(19(27)23-11-10-14-6-8-15(21)9-7-14)26-20(24-13)25-17-5-3-2-4-16(17)22/h2-9,12H,10-11H2,1H3,(H,23,27)(H,24,25,26). The van der Waals surface area contributed by atoms with Crippen molar-refractivity contribution in [2.24, 2.45) is 0 Å². The Balaban J connectivity index is 1.65. The highest BCUT2D eigenvalue weighted by molar-refractivity contribution is 5.92. The lowest BCUT2D eigenvalue weighted by molar-refractivity contribution is 0.0949. The van der Waals surface area contributed by atoms with Crippen molar-refractivity contribution in [3.05, 3.63) is 83.2 Å². The van der Waals surface area contributed by atoms with Crippen LogP contribution in [0.25, 0.3) is 0 Å². The van der Waals surface area contributed by atoms with E-state index >= 15 is 0 Å². The summed E-state index contributed by atoms with van der Waals surface area (Å²) < 4.78 is 26.7. The molecule has 2 N–H and O–H groups in total. The summed E-state index contributed by atoms with van der Waals surface area (Å²) in [5.74, 6) is -0.954. The summed E-state index contributed by atoms with van der Waals surface area (Å²) >= 11 is 0. The van der Waals surface area contributed by atoms with E-state index in [4.69, 9.17) is 0 Å². The number of carbonyl (C=O) groups excluding carboxylic acids is 1. The van der Waals surface area contributed by atoms with Crippen molar-refractivity contribution in [3.63, 3.8) is 0 Å². The number of amides is 1. The van der Waals surface area contributed by atoms with E-state index in [1.807, 2.05) is 0 Å². The first kappa shape index (κ1) is 18.4. The number of halogens is 2. The molecule has 0 saturated heterocycles. The van der Waals surface area contributed by atoms with Gasteiger partial charge in [-0.25, -0.2) is 18.7 Å². The highest BCUT2D eigenvalue weighted by Gasteiger charge is 2.11. The molecule has 0 aliphatic rings. The van der Waals surface area contributed by atoms with Crippen molar-refractivity contribution < 1.29 is 13.6 Å². The number of hydrogen-bond acceptors (Lipinski definition) is 4. The molecule has 1 aromatic heterocycles. The number of anilines is 2. The second kappa shape index (κ2) is 8.35. The second-order valence-corrected chi connectivity index (χ2v) is 5.96. The Kier molecular flexibility index (Phi) is 5.71. The molecule has 27 heavy (non-hydrogen) atoms. The van der Waals surface area contributed by atoms with E-state index < -0.39 is 5.82 Å². The predicted molar refractivity (Wildman–Crippen MR) is 98.9 cm³/mol. The first-order valence-electron chi connectivity index (χ1n) is 8.41. The Morgan fingerprint density at radius 2 is 1.78 bits per heavy atom. The Morgan fingerprint density at radius 3 is 2.52 bits per heavy atom. The zero-order valence-corrected chi connectivity index (χ0v) is 14.7. The third kappa shape index (κ3) is 5.07. The van der Waals surface area contributed by atoms with Gasteiger partial charge in [-0.1, -0.05) is 24.3 Å². The van der Waals surface area contributed by atoms with Gasteiger partial charge in [0.05, 0.1) is 5.69 Å². The number of nitrogens with one attached hydrogen (secondary N) is 2.